The van der Waals surface area contributed by atoms with Gasteiger partial charge in [-0.15, -0.1) is 0 Å². The average molecular weight is 354 g/mol. The van der Waals surface area contributed by atoms with E-state index in [-0.39, 0.29) is 12.5 Å². The highest BCUT2D eigenvalue weighted by Crippen LogP contribution is 2.27. The zero-order valence-corrected chi connectivity index (χ0v) is 14.7. The van der Waals surface area contributed by atoms with Crippen LogP contribution in [0.1, 0.15) is 18.9 Å². The van der Waals surface area contributed by atoms with Gasteiger partial charge in [-0.1, -0.05) is 24.3 Å². The summed E-state index contributed by atoms with van der Waals surface area (Å²) < 4.78 is 10.5. The van der Waals surface area contributed by atoms with Crippen molar-refractivity contribution in [3.63, 3.8) is 0 Å². The normalized spacial score (nSPS) is 12.9. The fraction of sp³-hybridized carbons (Fsp3) is 0.300. The van der Waals surface area contributed by atoms with E-state index < -0.39 is 6.09 Å². The number of amides is 2. The van der Waals surface area contributed by atoms with Gasteiger partial charge in [-0.2, -0.15) is 0 Å². The first-order chi connectivity index (χ1) is 12.7. The van der Waals surface area contributed by atoms with Gasteiger partial charge in [0.2, 0.25) is 0 Å². The lowest BCUT2D eigenvalue weighted by molar-refractivity contribution is -0.120. The van der Waals surface area contributed by atoms with Crippen LogP contribution in [-0.2, 0) is 16.0 Å². The Bertz CT molecular complexity index is 791. The number of hydrogen-bond donors (Lipinski definition) is 1. The van der Waals surface area contributed by atoms with Crippen molar-refractivity contribution in [3.05, 3.63) is 54.1 Å². The van der Waals surface area contributed by atoms with Crippen molar-refractivity contribution in [2.24, 2.45) is 0 Å². The first-order valence-corrected chi connectivity index (χ1v) is 8.72. The van der Waals surface area contributed by atoms with Gasteiger partial charge in [0.15, 0.2) is 6.61 Å². The van der Waals surface area contributed by atoms with Gasteiger partial charge in [-0.05, 0) is 43.5 Å². The van der Waals surface area contributed by atoms with Gasteiger partial charge < -0.3 is 14.4 Å². The first kappa shape index (κ1) is 17.8. The molecule has 1 aliphatic heterocycles. The second-order valence-electron chi connectivity index (χ2n) is 5.94. The predicted molar refractivity (Wildman–Crippen MR) is 99.7 cm³/mol. The number of carbonyl (C=O) groups is 2. The number of aryl methyl sites for hydroxylation is 1. The summed E-state index contributed by atoms with van der Waals surface area (Å²) in [6.45, 7) is 2.68. The fourth-order valence-corrected chi connectivity index (χ4v) is 2.96. The predicted octanol–water partition coefficient (Wildman–Crippen LogP) is 3.61. The van der Waals surface area contributed by atoms with Crippen molar-refractivity contribution in [2.45, 2.75) is 19.8 Å². The molecule has 1 heterocycles. The van der Waals surface area contributed by atoms with Crippen LogP contribution < -0.4 is 15.0 Å². The molecule has 2 amide bonds. The van der Waals surface area contributed by atoms with E-state index in [1.165, 1.54) is 5.56 Å². The van der Waals surface area contributed by atoms with Crippen LogP contribution in [0.2, 0.25) is 0 Å². The minimum Gasteiger partial charge on any atom is -0.484 e. The van der Waals surface area contributed by atoms with E-state index in [4.69, 9.17) is 9.47 Å². The van der Waals surface area contributed by atoms with E-state index in [1.54, 1.807) is 36.1 Å². The molecule has 1 aliphatic rings. The third-order valence-electron chi connectivity index (χ3n) is 4.13. The summed E-state index contributed by atoms with van der Waals surface area (Å²) in [5.74, 6) is 0.429. The summed E-state index contributed by atoms with van der Waals surface area (Å²) in [5, 5.41) is 2.61. The van der Waals surface area contributed by atoms with E-state index in [0.717, 1.165) is 18.5 Å². The highest BCUT2D eigenvalue weighted by molar-refractivity contribution is 5.95. The minimum atomic E-state index is -0.523. The number of benzene rings is 2. The molecule has 0 bridgehead atoms. The van der Waals surface area contributed by atoms with E-state index in [0.29, 0.717) is 24.6 Å². The maximum atomic E-state index is 12.6. The molecule has 1 N–H and O–H groups in total. The Morgan fingerprint density at radius 3 is 2.85 bits per heavy atom. The third-order valence-corrected chi connectivity index (χ3v) is 4.13. The second-order valence-corrected chi connectivity index (χ2v) is 5.94. The standard InChI is InChI=1S/C20H22N2O4/c1-2-25-20(24)21-16-9-5-10-17(13-16)26-14-19(23)22-12-6-8-15-7-3-4-11-18(15)22/h3-5,7,9-11,13H,2,6,8,12,14H2,1H3,(H,21,24). The van der Waals surface area contributed by atoms with Crippen molar-refractivity contribution >= 4 is 23.4 Å². The average Bonchev–Trinajstić information content (AvgIpc) is 2.66. The Labute approximate surface area is 152 Å². The van der Waals surface area contributed by atoms with Crippen molar-refractivity contribution in [3.8, 4) is 5.75 Å². The van der Waals surface area contributed by atoms with Crippen molar-refractivity contribution in [1.29, 1.82) is 0 Å². The molecule has 2 aromatic rings. The number of rotatable bonds is 5. The highest BCUT2D eigenvalue weighted by atomic mass is 16.5. The van der Waals surface area contributed by atoms with Gasteiger partial charge in [-0.3, -0.25) is 10.1 Å². The SMILES string of the molecule is CCOC(=O)Nc1cccc(OCC(=O)N2CCCc3ccccc32)c1. The maximum Gasteiger partial charge on any atom is 0.411 e. The van der Waals surface area contributed by atoms with E-state index in [1.807, 2.05) is 18.2 Å². The molecule has 0 saturated heterocycles. The summed E-state index contributed by atoms with van der Waals surface area (Å²) in [5.41, 5.74) is 2.70. The summed E-state index contributed by atoms with van der Waals surface area (Å²) >= 11 is 0. The van der Waals surface area contributed by atoms with Crippen LogP contribution in [0.25, 0.3) is 0 Å². The fourth-order valence-electron chi connectivity index (χ4n) is 2.96. The molecule has 6 heteroatoms. The molecule has 0 unspecified atom stereocenters. The lowest BCUT2D eigenvalue weighted by atomic mass is 10.0. The number of nitrogens with one attached hydrogen (secondary N) is 1. The molecule has 0 aliphatic carbocycles. The number of anilines is 2. The third kappa shape index (κ3) is 4.33. The summed E-state index contributed by atoms with van der Waals surface area (Å²) in [6.07, 6.45) is 1.41. The topological polar surface area (TPSA) is 67.9 Å². The monoisotopic (exact) mass is 354 g/mol. The Kier molecular flexibility index (Phi) is 5.73. The molecule has 26 heavy (non-hydrogen) atoms. The summed E-state index contributed by atoms with van der Waals surface area (Å²) in [4.78, 5) is 25.8. The van der Waals surface area contributed by atoms with Crippen molar-refractivity contribution < 1.29 is 19.1 Å². The lowest BCUT2D eigenvalue weighted by Crippen LogP contribution is -2.38. The Morgan fingerprint density at radius 2 is 2.00 bits per heavy atom. The Balaban J connectivity index is 1.61. The number of nitrogens with zero attached hydrogens (tertiary/aromatic N) is 1. The highest BCUT2D eigenvalue weighted by Gasteiger charge is 2.22. The van der Waals surface area contributed by atoms with Gasteiger partial charge in [0.1, 0.15) is 5.75 Å². The molecule has 0 atom stereocenters. The van der Waals surface area contributed by atoms with Crippen LogP contribution in [-0.4, -0.2) is 31.8 Å². The lowest BCUT2D eigenvalue weighted by Gasteiger charge is -2.29. The molecule has 3 rings (SSSR count). The van der Waals surface area contributed by atoms with Crippen LogP contribution in [0.3, 0.4) is 0 Å². The zero-order valence-electron chi connectivity index (χ0n) is 14.7. The quantitative estimate of drug-likeness (QED) is 0.891. The van der Waals surface area contributed by atoms with Crippen LogP contribution in [0.5, 0.6) is 5.75 Å². The number of carbonyl (C=O) groups excluding carboxylic acids is 2. The van der Waals surface area contributed by atoms with Gasteiger partial charge >= 0.3 is 6.09 Å². The molecule has 2 aromatic carbocycles. The molecule has 0 spiro atoms. The minimum absolute atomic E-state index is 0.0583. The molecule has 0 saturated carbocycles. The number of para-hydroxylation sites is 1. The van der Waals surface area contributed by atoms with Gasteiger partial charge in [0, 0.05) is 24.0 Å². The van der Waals surface area contributed by atoms with E-state index >= 15 is 0 Å². The molecule has 0 aromatic heterocycles. The van der Waals surface area contributed by atoms with Gasteiger partial charge in [0.05, 0.1) is 6.61 Å². The van der Waals surface area contributed by atoms with Crippen LogP contribution in [0.15, 0.2) is 48.5 Å². The molecule has 0 fully saturated rings. The largest absolute Gasteiger partial charge is 0.484 e. The van der Waals surface area contributed by atoms with Crippen LogP contribution >= 0.6 is 0 Å². The maximum absolute atomic E-state index is 12.6. The molecule has 136 valence electrons. The van der Waals surface area contributed by atoms with E-state index in [2.05, 4.69) is 11.4 Å². The summed E-state index contributed by atoms with van der Waals surface area (Å²) in [7, 11) is 0. The van der Waals surface area contributed by atoms with Gasteiger partial charge in [-0.25, -0.2) is 4.79 Å². The van der Waals surface area contributed by atoms with Crippen LogP contribution in [0, 0.1) is 0 Å². The number of fused-ring (bicyclic) bond motifs is 1. The number of hydrogen-bond acceptors (Lipinski definition) is 4. The molecule has 0 radical (unpaired) electrons. The van der Waals surface area contributed by atoms with Crippen molar-refractivity contribution in [2.75, 3.05) is 30.0 Å². The zero-order chi connectivity index (χ0) is 18.4. The molecular formula is C20H22N2O4. The van der Waals surface area contributed by atoms with Gasteiger partial charge in [0.25, 0.3) is 5.91 Å². The first-order valence-electron chi connectivity index (χ1n) is 8.72. The Hall–Kier alpha value is -3.02. The van der Waals surface area contributed by atoms with Crippen molar-refractivity contribution in [1.82, 2.24) is 0 Å². The number of ether oxygens (including phenoxy) is 2. The van der Waals surface area contributed by atoms with E-state index in [9.17, 15) is 9.59 Å². The Morgan fingerprint density at radius 1 is 1.15 bits per heavy atom. The second kappa shape index (κ2) is 8.38. The van der Waals surface area contributed by atoms with Crippen LogP contribution in [0.4, 0.5) is 16.2 Å². The smallest absolute Gasteiger partial charge is 0.411 e. The molecule has 6 nitrogen and oxygen atoms in total. The summed E-state index contributed by atoms with van der Waals surface area (Å²) in [6, 6.07) is 14.8. The molecular weight excluding hydrogens is 332 g/mol.